The lowest BCUT2D eigenvalue weighted by Crippen LogP contribution is -2.49. The first-order valence-corrected chi connectivity index (χ1v) is 8.24. The number of ether oxygens (including phenoxy) is 1. The molecular weight excluding hydrogens is 264 g/mol. The molecule has 116 valence electrons. The van der Waals surface area contributed by atoms with Crippen LogP contribution in [0.3, 0.4) is 0 Å². The fraction of sp³-hybridized carbons (Fsp3) is 0.750. The Hall–Kier alpha value is -1.20. The van der Waals surface area contributed by atoms with E-state index in [1.807, 2.05) is 18.5 Å². The van der Waals surface area contributed by atoms with Gasteiger partial charge in [-0.3, -0.25) is 0 Å². The molecule has 2 atom stereocenters. The van der Waals surface area contributed by atoms with E-state index in [0.29, 0.717) is 18.2 Å². The van der Waals surface area contributed by atoms with E-state index in [9.17, 15) is 0 Å². The largest absolute Gasteiger partial charge is 0.378 e. The van der Waals surface area contributed by atoms with Crippen LogP contribution >= 0.6 is 0 Å². The second-order valence-corrected chi connectivity index (χ2v) is 6.10. The fourth-order valence-electron chi connectivity index (χ4n) is 3.35. The summed E-state index contributed by atoms with van der Waals surface area (Å²) in [5.41, 5.74) is 0. The Kier molecular flexibility index (Phi) is 5.04. The van der Waals surface area contributed by atoms with Gasteiger partial charge < -0.3 is 15.0 Å². The van der Waals surface area contributed by atoms with Crippen molar-refractivity contribution in [3.05, 3.63) is 18.5 Å². The van der Waals surface area contributed by atoms with Crippen molar-refractivity contribution in [1.82, 2.24) is 15.3 Å². The summed E-state index contributed by atoms with van der Waals surface area (Å²) in [5.74, 6) is 0.869. The molecule has 0 amide bonds. The monoisotopic (exact) mass is 290 g/mol. The van der Waals surface area contributed by atoms with Gasteiger partial charge in [-0.2, -0.15) is 0 Å². The molecule has 0 saturated carbocycles. The van der Waals surface area contributed by atoms with E-state index in [1.54, 1.807) is 0 Å². The molecule has 5 heteroatoms. The minimum Gasteiger partial charge on any atom is -0.378 e. The number of piperidine rings is 1. The highest BCUT2D eigenvalue weighted by Crippen LogP contribution is 2.20. The minimum absolute atomic E-state index is 0.453. The molecule has 0 bridgehead atoms. The number of nitrogens with one attached hydrogen (secondary N) is 1. The number of hydrogen-bond acceptors (Lipinski definition) is 5. The van der Waals surface area contributed by atoms with Gasteiger partial charge in [0.1, 0.15) is 0 Å². The highest BCUT2D eigenvalue weighted by Gasteiger charge is 2.26. The first-order valence-electron chi connectivity index (χ1n) is 8.24. The molecule has 0 radical (unpaired) electrons. The summed E-state index contributed by atoms with van der Waals surface area (Å²) in [6, 6.07) is 3.13. The molecule has 2 fully saturated rings. The normalized spacial score (nSPS) is 27.8. The molecule has 5 nitrogen and oxygen atoms in total. The maximum Gasteiger partial charge on any atom is 0.225 e. The van der Waals surface area contributed by atoms with Crippen molar-refractivity contribution in [1.29, 1.82) is 0 Å². The lowest BCUT2D eigenvalue weighted by atomic mass is 9.98. The predicted octanol–water partition coefficient (Wildman–Crippen LogP) is 1.99. The van der Waals surface area contributed by atoms with Gasteiger partial charge >= 0.3 is 0 Å². The lowest BCUT2D eigenvalue weighted by molar-refractivity contribution is -0.00243. The average Bonchev–Trinajstić information content (AvgIpc) is 2.56. The molecule has 3 rings (SSSR count). The Morgan fingerprint density at radius 2 is 1.95 bits per heavy atom. The number of hydrogen-bond donors (Lipinski definition) is 1. The third kappa shape index (κ3) is 3.92. The van der Waals surface area contributed by atoms with Gasteiger partial charge in [-0.15, -0.1) is 0 Å². The maximum absolute atomic E-state index is 5.76. The minimum atomic E-state index is 0.453. The van der Waals surface area contributed by atoms with Crippen LogP contribution in [0.25, 0.3) is 0 Å². The van der Waals surface area contributed by atoms with Crippen LogP contribution in [0.2, 0.25) is 0 Å². The van der Waals surface area contributed by atoms with Crippen molar-refractivity contribution in [2.24, 2.45) is 0 Å². The second-order valence-electron chi connectivity index (χ2n) is 6.10. The van der Waals surface area contributed by atoms with Crippen LogP contribution in [0.4, 0.5) is 5.95 Å². The van der Waals surface area contributed by atoms with E-state index in [4.69, 9.17) is 4.74 Å². The topological polar surface area (TPSA) is 50.3 Å². The molecule has 1 N–H and O–H groups in total. The zero-order valence-corrected chi connectivity index (χ0v) is 12.9. The maximum atomic E-state index is 5.76. The Bertz CT molecular complexity index is 420. The van der Waals surface area contributed by atoms with Crippen LogP contribution in [0.5, 0.6) is 0 Å². The molecule has 1 aromatic rings. The SMILES string of the molecule is CCC1CC(NC2CCN(c3ncccn3)CC2)CCO1. The molecular formula is C16H26N4O. The van der Waals surface area contributed by atoms with Crippen LogP contribution in [-0.2, 0) is 4.74 Å². The first kappa shape index (κ1) is 14.7. The second kappa shape index (κ2) is 7.18. The highest BCUT2D eigenvalue weighted by molar-refractivity contribution is 5.29. The predicted molar refractivity (Wildman–Crippen MR) is 83.5 cm³/mol. The van der Waals surface area contributed by atoms with Gasteiger partial charge in [-0.05, 0) is 38.2 Å². The fourth-order valence-corrected chi connectivity index (χ4v) is 3.35. The summed E-state index contributed by atoms with van der Waals surface area (Å²) in [4.78, 5) is 11.0. The Morgan fingerprint density at radius 1 is 1.19 bits per heavy atom. The molecule has 21 heavy (non-hydrogen) atoms. The van der Waals surface area contributed by atoms with E-state index in [1.165, 1.54) is 19.3 Å². The zero-order chi connectivity index (χ0) is 14.5. The molecule has 2 aliphatic heterocycles. The van der Waals surface area contributed by atoms with Gasteiger partial charge in [0.15, 0.2) is 0 Å². The summed E-state index contributed by atoms with van der Waals surface area (Å²) >= 11 is 0. The number of anilines is 1. The molecule has 2 saturated heterocycles. The van der Waals surface area contributed by atoms with Crippen LogP contribution in [0.1, 0.15) is 39.0 Å². The third-order valence-electron chi connectivity index (χ3n) is 4.62. The van der Waals surface area contributed by atoms with Gasteiger partial charge in [0.05, 0.1) is 6.10 Å². The summed E-state index contributed by atoms with van der Waals surface area (Å²) in [6.45, 7) is 5.21. The van der Waals surface area contributed by atoms with E-state index in [0.717, 1.165) is 38.5 Å². The first-order chi connectivity index (χ1) is 10.3. The van der Waals surface area contributed by atoms with E-state index in [2.05, 4.69) is 27.1 Å². The van der Waals surface area contributed by atoms with Crippen molar-refractivity contribution in [2.75, 3.05) is 24.6 Å². The van der Waals surface area contributed by atoms with Gasteiger partial charge in [0, 0.05) is 44.2 Å². The van der Waals surface area contributed by atoms with Crippen LogP contribution in [-0.4, -0.2) is 47.9 Å². The molecule has 1 aromatic heterocycles. The van der Waals surface area contributed by atoms with E-state index < -0.39 is 0 Å². The number of aromatic nitrogens is 2. The van der Waals surface area contributed by atoms with Gasteiger partial charge in [-0.1, -0.05) is 6.92 Å². The molecule has 0 spiro atoms. The van der Waals surface area contributed by atoms with Gasteiger partial charge in [0.2, 0.25) is 5.95 Å². The van der Waals surface area contributed by atoms with Gasteiger partial charge in [-0.25, -0.2) is 9.97 Å². The Morgan fingerprint density at radius 3 is 2.67 bits per heavy atom. The van der Waals surface area contributed by atoms with Crippen molar-refractivity contribution >= 4 is 5.95 Å². The van der Waals surface area contributed by atoms with E-state index >= 15 is 0 Å². The van der Waals surface area contributed by atoms with Gasteiger partial charge in [0.25, 0.3) is 0 Å². The standard InChI is InChI=1S/C16H26N4O/c1-2-15-12-14(6-11-21-15)19-13-4-9-20(10-5-13)16-17-7-3-8-18-16/h3,7-8,13-15,19H,2,4-6,9-12H2,1H3. The number of rotatable bonds is 4. The van der Waals surface area contributed by atoms with Crippen LogP contribution < -0.4 is 10.2 Å². The van der Waals surface area contributed by atoms with Crippen molar-refractivity contribution in [2.45, 2.75) is 57.2 Å². The van der Waals surface area contributed by atoms with Crippen molar-refractivity contribution in [3.63, 3.8) is 0 Å². The summed E-state index contributed by atoms with van der Waals surface area (Å²) in [7, 11) is 0. The lowest BCUT2D eigenvalue weighted by Gasteiger charge is -2.37. The summed E-state index contributed by atoms with van der Waals surface area (Å²) in [6.07, 6.45) is 9.88. The third-order valence-corrected chi connectivity index (χ3v) is 4.62. The highest BCUT2D eigenvalue weighted by atomic mass is 16.5. The molecule has 0 aliphatic carbocycles. The zero-order valence-electron chi connectivity index (χ0n) is 12.9. The summed E-state index contributed by atoms with van der Waals surface area (Å²) < 4.78 is 5.76. The molecule has 2 unspecified atom stereocenters. The quantitative estimate of drug-likeness (QED) is 0.919. The van der Waals surface area contributed by atoms with Crippen LogP contribution in [0.15, 0.2) is 18.5 Å². The summed E-state index contributed by atoms with van der Waals surface area (Å²) in [5, 5.41) is 3.85. The van der Waals surface area contributed by atoms with Crippen molar-refractivity contribution in [3.8, 4) is 0 Å². The molecule has 0 aromatic carbocycles. The smallest absolute Gasteiger partial charge is 0.225 e. The van der Waals surface area contributed by atoms with Crippen molar-refractivity contribution < 1.29 is 4.74 Å². The Balaban J connectivity index is 1.45. The Labute approximate surface area is 127 Å². The average molecular weight is 290 g/mol. The number of nitrogens with zero attached hydrogens (tertiary/aromatic N) is 3. The van der Waals surface area contributed by atoms with Crippen LogP contribution in [0, 0.1) is 0 Å². The van der Waals surface area contributed by atoms with E-state index in [-0.39, 0.29) is 0 Å². The molecule has 2 aliphatic rings. The molecule has 3 heterocycles.